The number of carboxylic acid groups (broad SMARTS) is 1. The van der Waals surface area contributed by atoms with Gasteiger partial charge in [0.1, 0.15) is 0 Å². The Bertz CT molecular complexity index is 627. The minimum absolute atomic E-state index is 0.0906. The van der Waals surface area contributed by atoms with Crippen molar-refractivity contribution in [3.63, 3.8) is 0 Å². The number of carbonyl (C=O) groups is 2. The van der Waals surface area contributed by atoms with Gasteiger partial charge < -0.3 is 10.0 Å². The summed E-state index contributed by atoms with van der Waals surface area (Å²) >= 11 is 0. The fourth-order valence-electron chi connectivity index (χ4n) is 3.91. The van der Waals surface area contributed by atoms with Crippen molar-refractivity contribution < 1.29 is 14.7 Å². The number of carboxylic acids is 1. The van der Waals surface area contributed by atoms with Gasteiger partial charge in [0.05, 0.1) is 5.41 Å². The molecule has 0 radical (unpaired) electrons. The maximum absolute atomic E-state index is 12.5. The van der Waals surface area contributed by atoms with Gasteiger partial charge >= 0.3 is 5.97 Å². The molecule has 110 valence electrons. The highest BCUT2D eigenvalue weighted by Crippen LogP contribution is 2.43. The highest BCUT2D eigenvalue weighted by molar-refractivity contribution is 5.99. The molecule has 1 aliphatic heterocycles. The molecule has 1 N–H and O–H groups in total. The number of fused-ring (bicyclic) bond motifs is 1. The Morgan fingerprint density at radius 2 is 1.95 bits per heavy atom. The fraction of sp³-hybridized carbons (Fsp3) is 0.529. The fourth-order valence-corrected chi connectivity index (χ4v) is 3.91. The average molecular weight is 285 g/mol. The molecule has 21 heavy (non-hydrogen) atoms. The molecule has 0 aromatic heterocycles. The first kappa shape index (κ1) is 12.9. The van der Waals surface area contributed by atoms with Crippen LogP contribution in [-0.2, 0) is 16.8 Å². The smallest absolute Gasteiger partial charge is 0.314 e. The summed E-state index contributed by atoms with van der Waals surface area (Å²) in [7, 11) is 0. The molecular formula is C17H19NO3. The van der Waals surface area contributed by atoms with E-state index in [-0.39, 0.29) is 5.91 Å². The van der Waals surface area contributed by atoms with Crippen LogP contribution in [0.25, 0.3) is 0 Å². The van der Waals surface area contributed by atoms with Gasteiger partial charge in [-0.15, -0.1) is 0 Å². The molecular weight excluding hydrogens is 266 g/mol. The van der Waals surface area contributed by atoms with Gasteiger partial charge in [-0.25, -0.2) is 0 Å². The van der Waals surface area contributed by atoms with Gasteiger partial charge in [-0.05, 0) is 42.9 Å². The first-order valence-electron chi connectivity index (χ1n) is 7.80. The first-order chi connectivity index (χ1) is 10.1. The second-order valence-corrected chi connectivity index (χ2v) is 6.63. The minimum Gasteiger partial charge on any atom is -0.481 e. The van der Waals surface area contributed by atoms with E-state index in [0.717, 1.165) is 42.4 Å². The lowest BCUT2D eigenvalue weighted by Crippen LogP contribution is -2.32. The minimum atomic E-state index is -0.775. The van der Waals surface area contributed by atoms with Crippen LogP contribution in [-0.4, -0.2) is 27.9 Å². The van der Waals surface area contributed by atoms with E-state index in [4.69, 9.17) is 0 Å². The lowest BCUT2D eigenvalue weighted by Gasteiger charge is -2.24. The lowest BCUT2D eigenvalue weighted by atomic mass is 9.78. The van der Waals surface area contributed by atoms with Crippen molar-refractivity contribution in [1.29, 1.82) is 0 Å². The van der Waals surface area contributed by atoms with Crippen LogP contribution in [0.2, 0.25) is 0 Å². The molecule has 1 aromatic carbocycles. The zero-order valence-electron chi connectivity index (χ0n) is 12.0. The van der Waals surface area contributed by atoms with E-state index in [1.165, 1.54) is 0 Å². The second-order valence-electron chi connectivity index (χ2n) is 6.63. The summed E-state index contributed by atoms with van der Waals surface area (Å²) in [5.41, 5.74) is 1.82. The Kier molecular flexibility index (Phi) is 2.65. The van der Waals surface area contributed by atoms with E-state index in [2.05, 4.69) is 0 Å². The summed E-state index contributed by atoms with van der Waals surface area (Å²) in [6.45, 7) is 0.694. The van der Waals surface area contributed by atoms with E-state index in [1.807, 2.05) is 23.1 Å². The predicted molar refractivity (Wildman–Crippen MR) is 77.1 cm³/mol. The Morgan fingerprint density at radius 3 is 2.57 bits per heavy atom. The molecule has 3 aliphatic rings. The van der Waals surface area contributed by atoms with Gasteiger partial charge in [0, 0.05) is 18.2 Å². The first-order valence-corrected chi connectivity index (χ1v) is 7.80. The van der Waals surface area contributed by atoms with Crippen molar-refractivity contribution in [2.75, 3.05) is 0 Å². The number of hydrogen-bond donors (Lipinski definition) is 1. The Morgan fingerprint density at radius 1 is 1.24 bits per heavy atom. The average Bonchev–Trinajstić information content (AvgIpc) is 3.09. The van der Waals surface area contributed by atoms with Crippen LogP contribution >= 0.6 is 0 Å². The third-order valence-electron chi connectivity index (χ3n) is 5.35. The van der Waals surface area contributed by atoms with Crippen molar-refractivity contribution in [2.45, 2.75) is 56.5 Å². The number of hydrogen-bond acceptors (Lipinski definition) is 2. The van der Waals surface area contributed by atoms with Crippen LogP contribution in [0.4, 0.5) is 0 Å². The highest BCUT2D eigenvalue weighted by atomic mass is 16.4. The second kappa shape index (κ2) is 4.33. The summed E-state index contributed by atoms with van der Waals surface area (Å²) in [6, 6.07) is 6.17. The summed E-state index contributed by atoms with van der Waals surface area (Å²) in [6.07, 6.45) is 5.47. The monoisotopic (exact) mass is 285 g/mol. The molecule has 2 saturated carbocycles. The van der Waals surface area contributed by atoms with Crippen molar-refractivity contribution >= 4 is 11.9 Å². The summed E-state index contributed by atoms with van der Waals surface area (Å²) in [5, 5.41) is 9.69. The van der Waals surface area contributed by atoms with Crippen molar-refractivity contribution in [1.82, 2.24) is 4.90 Å². The molecule has 1 amide bonds. The molecule has 1 aromatic rings. The van der Waals surface area contributed by atoms with E-state index in [9.17, 15) is 14.7 Å². The van der Waals surface area contributed by atoms with E-state index in [1.54, 1.807) is 0 Å². The van der Waals surface area contributed by atoms with Crippen LogP contribution in [0.1, 0.15) is 60.0 Å². The Hall–Kier alpha value is -1.84. The van der Waals surface area contributed by atoms with Crippen LogP contribution < -0.4 is 0 Å². The van der Waals surface area contributed by atoms with Gasteiger partial charge in [-0.3, -0.25) is 9.59 Å². The van der Waals surface area contributed by atoms with Gasteiger partial charge in [0.2, 0.25) is 0 Å². The van der Waals surface area contributed by atoms with E-state index in [0.29, 0.717) is 25.4 Å². The number of amides is 1. The Labute approximate surface area is 123 Å². The number of benzene rings is 1. The quantitative estimate of drug-likeness (QED) is 0.929. The maximum Gasteiger partial charge on any atom is 0.314 e. The zero-order chi connectivity index (χ0) is 14.6. The number of rotatable bonds is 3. The number of carbonyl (C=O) groups excluding carboxylic acids is 1. The maximum atomic E-state index is 12.5. The summed E-state index contributed by atoms with van der Waals surface area (Å²) < 4.78 is 0. The molecule has 2 fully saturated rings. The lowest BCUT2D eigenvalue weighted by molar-refractivity contribution is -0.143. The molecule has 2 aliphatic carbocycles. The van der Waals surface area contributed by atoms with Gasteiger partial charge in [-0.2, -0.15) is 0 Å². The molecule has 4 rings (SSSR count). The third-order valence-corrected chi connectivity index (χ3v) is 5.35. The highest BCUT2D eigenvalue weighted by Gasteiger charge is 2.44. The van der Waals surface area contributed by atoms with Crippen LogP contribution in [0.5, 0.6) is 0 Å². The van der Waals surface area contributed by atoms with Crippen LogP contribution in [0.15, 0.2) is 18.2 Å². The standard InChI is InChI=1S/C17H19NO3/c19-15-14-9-12(17(16(20)21)7-1-2-8-17)4-3-11(14)10-18(15)13-5-6-13/h3-4,9,13H,1-2,5-8,10H2,(H,20,21). The molecule has 0 atom stereocenters. The van der Waals surface area contributed by atoms with Gasteiger partial charge in [-0.1, -0.05) is 25.0 Å². The summed E-state index contributed by atoms with van der Waals surface area (Å²) in [4.78, 5) is 26.2. The van der Waals surface area contributed by atoms with Crippen LogP contribution in [0, 0.1) is 0 Å². The summed E-state index contributed by atoms with van der Waals surface area (Å²) in [5.74, 6) is -0.655. The third kappa shape index (κ3) is 1.81. The topological polar surface area (TPSA) is 57.6 Å². The van der Waals surface area contributed by atoms with Crippen molar-refractivity contribution in [3.8, 4) is 0 Å². The molecule has 4 heteroatoms. The molecule has 0 bridgehead atoms. The molecule has 4 nitrogen and oxygen atoms in total. The SMILES string of the molecule is O=C1c2cc(C3(C(=O)O)CCCC3)ccc2CN1C1CC1. The van der Waals surface area contributed by atoms with Gasteiger partial charge in [0.25, 0.3) is 5.91 Å². The normalized spacial score (nSPS) is 23.4. The van der Waals surface area contributed by atoms with E-state index < -0.39 is 11.4 Å². The number of nitrogens with zero attached hydrogens (tertiary/aromatic N) is 1. The van der Waals surface area contributed by atoms with Crippen molar-refractivity contribution in [2.24, 2.45) is 0 Å². The molecule has 0 unspecified atom stereocenters. The Balaban J connectivity index is 1.73. The van der Waals surface area contributed by atoms with Gasteiger partial charge in [0.15, 0.2) is 0 Å². The van der Waals surface area contributed by atoms with Crippen molar-refractivity contribution in [3.05, 3.63) is 34.9 Å². The molecule has 1 heterocycles. The number of aliphatic carboxylic acids is 1. The predicted octanol–water partition coefficient (Wildman–Crippen LogP) is 2.70. The zero-order valence-corrected chi connectivity index (χ0v) is 12.0. The largest absolute Gasteiger partial charge is 0.481 e. The van der Waals surface area contributed by atoms with Crippen LogP contribution in [0.3, 0.4) is 0 Å². The molecule has 0 spiro atoms. The molecule has 0 saturated heterocycles. The van der Waals surface area contributed by atoms with E-state index >= 15 is 0 Å².